The molecule has 0 aromatic heterocycles. The van der Waals surface area contributed by atoms with Crippen LogP contribution in [0.15, 0.2) is 28.7 Å². The molecule has 0 fully saturated rings. The summed E-state index contributed by atoms with van der Waals surface area (Å²) in [5, 5.41) is 3.22. The summed E-state index contributed by atoms with van der Waals surface area (Å²) in [4.78, 5) is 0. The van der Waals surface area contributed by atoms with E-state index in [1.54, 1.807) is 0 Å². The number of nitrogens with one attached hydrogen (secondary N) is 1. The van der Waals surface area contributed by atoms with E-state index in [0.717, 1.165) is 6.54 Å². The smallest absolute Gasteiger partial charge is 0.0210 e. The Bertz CT molecular complexity index is 260. The summed E-state index contributed by atoms with van der Waals surface area (Å²) >= 11 is 3.58. The monoisotopic (exact) mass is 241 g/mol. The Balaban J connectivity index is 2.84. The zero-order valence-corrected chi connectivity index (χ0v) is 9.76. The highest BCUT2D eigenvalue weighted by atomic mass is 79.9. The summed E-state index contributed by atoms with van der Waals surface area (Å²) in [6.45, 7) is 3.26. The molecular formula is C11H16BrN. The normalized spacial score (nSPS) is 12.8. The number of hydrogen-bond donors (Lipinski definition) is 1. The van der Waals surface area contributed by atoms with Crippen LogP contribution < -0.4 is 5.32 Å². The molecular weight excluding hydrogens is 226 g/mol. The minimum atomic E-state index is 0.612. The third kappa shape index (κ3) is 2.82. The van der Waals surface area contributed by atoms with Gasteiger partial charge >= 0.3 is 0 Å². The molecule has 13 heavy (non-hydrogen) atoms. The number of likely N-dealkylation sites (N-methyl/N-ethyl adjacent to an activating group) is 1. The molecule has 0 heterocycles. The van der Waals surface area contributed by atoms with Gasteiger partial charge in [-0.05, 0) is 31.0 Å². The van der Waals surface area contributed by atoms with Gasteiger partial charge in [0, 0.05) is 11.0 Å². The predicted molar refractivity (Wildman–Crippen MR) is 61.1 cm³/mol. The lowest BCUT2D eigenvalue weighted by atomic mass is 9.97. The minimum Gasteiger partial charge on any atom is -0.319 e. The molecule has 1 aromatic carbocycles. The average Bonchev–Trinajstić information content (AvgIpc) is 2.16. The van der Waals surface area contributed by atoms with Crippen molar-refractivity contribution in [3.05, 3.63) is 34.3 Å². The summed E-state index contributed by atoms with van der Waals surface area (Å²) in [6, 6.07) is 8.45. The second kappa shape index (κ2) is 5.40. The molecule has 0 radical (unpaired) electrons. The van der Waals surface area contributed by atoms with Crippen molar-refractivity contribution in [2.24, 2.45) is 0 Å². The van der Waals surface area contributed by atoms with E-state index in [2.05, 4.69) is 52.4 Å². The predicted octanol–water partition coefficient (Wildman–Crippen LogP) is 3.16. The van der Waals surface area contributed by atoms with Crippen LogP contribution in [0.1, 0.15) is 24.8 Å². The van der Waals surface area contributed by atoms with Crippen molar-refractivity contribution in [1.29, 1.82) is 0 Å². The highest BCUT2D eigenvalue weighted by molar-refractivity contribution is 9.10. The largest absolute Gasteiger partial charge is 0.319 e. The van der Waals surface area contributed by atoms with Gasteiger partial charge in [-0.25, -0.2) is 0 Å². The molecule has 0 aliphatic heterocycles. The lowest BCUT2D eigenvalue weighted by Gasteiger charge is -2.16. The van der Waals surface area contributed by atoms with E-state index in [0.29, 0.717) is 5.92 Å². The van der Waals surface area contributed by atoms with Gasteiger partial charge in [-0.2, -0.15) is 0 Å². The lowest BCUT2D eigenvalue weighted by molar-refractivity contribution is 0.610. The molecule has 0 saturated heterocycles. The molecule has 1 nitrogen and oxygen atoms in total. The quantitative estimate of drug-likeness (QED) is 0.855. The van der Waals surface area contributed by atoms with Gasteiger partial charge in [0.1, 0.15) is 0 Å². The first-order valence-electron chi connectivity index (χ1n) is 4.68. The Morgan fingerprint density at radius 2 is 2.08 bits per heavy atom. The molecule has 1 rings (SSSR count). The van der Waals surface area contributed by atoms with Crippen LogP contribution in [0.3, 0.4) is 0 Å². The maximum absolute atomic E-state index is 3.58. The van der Waals surface area contributed by atoms with E-state index in [1.807, 2.05) is 7.05 Å². The Kier molecular flexibility index (Phi) is 4.46. The van der Waals surface area contributed by atoms with Gasteiger partial charge < -0.3 is 5.32 Å². The first kappa shape index (κ1) is 10.7. The summed E-state index contributed by atoms with van der Waals surface area (Å²) in [5.74, 6) is 0.612. The fourth-order valence-corrected chi connectivity index (χ4v) is 2.14. The molecule has 1 atom stereocenters. The molecule has 72 valence electrons. The minimum absolute atomic E-state index is 0.612. The van der Waals surface area contributed by atoms with Gasteiger partial charge in [-0.3, -0.25) is 0 Å². The number of benzene rings is 1. The highest BCUT2D eigenvalue weighted by Gasteiger charge is 2.10. The number of hydrogen-bond acceptors (Lipinski definition) is 1. The zero-order chi connectivity index (χ0) is 9.68. The summed E-state index contributed by atoms with van der Waals surface area (Å²) < 4.78 is 1.22. The van der Waals surface area contributed by atoms with E-state index >= 15 is 0 Å². The molecule has 2 heteroatoms. The molecule has 1 aromatic rings. The second-order valence-corrected chi connectivity index (χ2v) is 4.04. The van der Waals surface area contributed by atoms with Gasteiger partial charge in [0.15, 0.2) is 0 Å². The third-order valence-corrected chi connectivity index (χ3v) is 3.01. The highest BCUT2D eigenvalue weighted by Crippen LogP contribution is 2.26. The van der Waals surface area contributed by atoms with Crippen molar-refractivity contribution in [3.8, 4) is 0 Å². The first-order chi connectivity index (χ1) is 6.29. The molecule has 0 saturated carbocycles. The Hall–Kier alpha value is -0.340. The maximum atomic E-state index is 3.58. The van der Waals surface area contributed by atoms with Gasteiger partial charge in [-0.15, -0.1) is 0 Å². The van der Waals surface area contributed by atoms with Crippen LogP contribution in [0.2, 0.25) is 0 Å². The molecule has 0 aliphatic carbocycles. The fourth-order valence-electron chi connectivity index (χ4n) is 1.53. The summed E-state index contributed by atoms with van der Waals surface area (Å²) in [7, 11) is 2.00. The average molecular weight is 242 g/mol. The van der Waals surface area contributed by atoms with Crippen LogP contribution in [-0.4, -0.2) is 13.6 Å². The summed E-state index contributed by atoms with van der Waals surface area (Å²) in [6.07, 6.45) is 1.17. The standard InChI is InChI=1S/C11H16BrN/c1-3-9(8-13-2)10-6-4-5-7-11(10)12/h4-7,9,13H,3,8H2,1-2H3. The number of rotatable bonds is 4. The SMILES string of the molecule is CCC(CNC)c1ccccc1Br. The molecule has 1 unspecified atom stereocenters. The summed E-state index contributed by atoms with van der Waals surface area (Å²) in [5.41, 5.74) is 1.40. The molecule has 0 bridgehead atoms. The van der Waals surface area contributed by atoms with Gasteiger partial charge in [0.05, 0.1) is 0 Å². The topological polar surface area (TPSA) is 12.0 Å². The van der Waals surface area contributed by atoms with E-state index < -0.39 is 0 Å². The van der Waals surface area contributed by atoms with Crippen LogP contribution in [-0.2, 0) is 0 Å². The van der Waals surface area contributed by atoms with Crippen LogP contribution in [0.25, 0.3) is 0 Å². The van der Waals surface area contributed by atoms with E-state index in [1.165, 1.54) is 16.5 Å². The van der Waals surface area contributed by atoms with E-state index in [9.17, 15) is 0 Å². The fraction of sp³-hybridized carbons (Fsp3) is 0.455. The van der Waals surface area contributed by atoms with Crippen LogP contribution in [0.5, 0.6) is 0 Å². The van der Waals surface area contributed by atoms with Gasteiger partial charge in [0.2, 0.25) is 0 Å². The Morgan fingerprint density at radius 1 is 1.38 bits per heavy atom. The maximum Gasteiger partial charge on any atom is 0.0210 e. The zero-order valence-electron chi connectivity index (χ0n) is 8.18. The molecule has 0 amide bonds. The molecule has 0 aliphatic rings. The van der Waals surface area contributed by atoms with Crippen LogP contribution >= 0.6 is 15.9 Å². The van der Waals surface area contributed by atoms with Crippen LogP contribution in [0.4, 0.5) is 0 Å². The van der Waals surface area contributed by atoms with Crippen molar-refractivity contribution < 1.29 is 0 Å². The lowest BCUT2D eigenvalue weighted by Crippen LogP contribution is -2.16. The molecule has 0 spiro atoms. The Morgan fingerprint density at radius 3 is 2.62 bits per heavy atom. The van der Waals surface area contributed by atoms with Crippen molar-refractivity contribution in [3.63, 3.8) is 0 Å². The van der Waals surface area contributed by atoms with Crippen molar-refractivity contribution in [1.82, 2.24) is 5.32 Å². The van der Waals surface area contributed by atoms with Gasteiger partial charge in [-0.1, -0.05) is 41.1 Å². The number of halogens is 1. The first-order valence-corrected chi connectivity index (χ1v) is 5.48. The van der Waals surface area contributed by atoms with Crippen LogP contribution in [0, 0.1) is 0 Å². The Labute approximate surface area is 88.7 Å². The molecule has 1 N–H and O–H groups in total. The van der Waals surface area contributed by atoms with E-state index in [-0.39, 0.29) is 0 Å². The third-order valence-electron chi connectivity index (χ3n) is 2.29. The van der Waals surface area contributed by atoms with Crippen molar-refractivity contribution in [2.75, 3.05) is 13.6 Å². The van der Waals surface area contributed by atoms with Crippen molar-refractivity contribution in [2.45, 2.75) is 19.3 Å². The second-order valence-electron chi connectivity index (χ2n) is 3.18. The van der Waals surface area contributed by atoms with Crippen molar-refractivity contribution >= 4 is 15.9 Å². The van der Waals surface area contributed by atoms with Gasteiger partial charge in [0.25, 0.3) is 0 Å². The van der Waals surface area contributed by atoms with E-state index in [4.69, 9.17) is 0 Å².